The average molecular weight is 333 g/mol. The summed E-state index contributed by atoms with van der Waals surface area (Å²) in [5, 5.41) is 13.8. The molecule has 0 spiro atoms. The van der Waals surface area contributed by atoms with Gasteiger partial charge >= 0.3 is 0 Å². The maximum Gasteiger partial charge on any atom is 0.0543 e. The van der Waals surface area contributed by atoms with Crippen LogP contribution >= 0.6 is 27.5 Å². The summed E-state index contributed by atoms with van der Waals surface area (Å²) in [6, 6.07) is 6.23. The van der Waals surface area contributed by atoms with Crippen molar-refractivity contribution >= 4 is 27.5 Å². The van der Waals surface area contributed by atoms with Gasteiger partial charge in [-0.25, -0.2) is 0 Å². The molecule has 0 saturated heterocycles. The Labute approximate surface area is 122 Å². The highest BCUT2D eigenvalue weighted by Gasteiger charge is 2.23. The van der Waals surface area contributed by atoms with E-state index >= 15 is 0 Å². The Bertz CT molecular complexity index is 413. The minimum atomic E-state index is -0.0941. The van der Waals surface area contributed by atoms with E-state index in [0.717, 1.165) is 40.9 Å². The van der Waals surface area contributed by atoms with Gasteiger partial charge in [-0.15, -0.1) is 0 Å². The van der Waals surface area contributed by atoms with Gasteiger partial charge in [0.05, 0.1) is 6.10 Å². The van der Waals surface area contributed by atoms with Crippen LogP contribution in [0.1, 0.15) is 37.8 Å². The monoisotopic (exact) mass is 331 g/mol. The van der Waals surface area contributed by atoms with Crippen molar-refractivity contribution in [3.63, 3.8) is 0 Å². The van der Waals surface area contributed by atoms with Crippen molar-refractivity contribution in [3.8, 4) is 0 Å². The molecule has 1 fully saturated rings. The Morgan fingerprint density at radius 1 is 1.50 bits per heavy atom. The Kier molecular flexibility index (Phi) is 5.07. The standard InChI is InChI=1S/C14H19BrClNO/c1-9(13-5-3-11(15)7-14(13)16)17-8-10-2-4-12(18)6-10/h3,5,7,9-10,12,17-18H,2,4,6,8H2,1H3. The Morgan fingerprint density at radius 3 is 2.89 bits per heavy atom. The van der Waals surface area contributed by atoms with Gasteiger partial charge in [0.15, 0.2) is 0 Å². The largest absolute Gasteiger partial charge is 0.393 e. The molecule has 4 heteroatoms. The first kappa shape index (κ1) is 14.3. The maximum absolute atomic E-state index is 9.50. The molecule has 2 rings (SSSR count). The van der Waals surface area contributed by atoms with Crippen LogP contribution in [-0.2, 0) is 0 Å². The Hall–Kier alpha value is -0.0900. The summed E-state index contributed by atoms with van der Waals surface area (Å²) in [5.74, 6) is 0.594. The highest BCUT2D eigenvalue weighted by atomic mass is 79.9. The van der Waals surface area contributed by atoms with Crippen LogP contribution in [0.15, 0.2) is 22.7 Å². The number of nitrogens with one attached hydrogen (secondary N) is 1. The van der Waals surface area contributed by atoms with Gasteiger partial charge in [-0.05, 0) is 56.3 Å². The number of aliphatic hydroxyl groups is 1. The van der Waals surface area contributed by atoms with Crippen molar-refractivity contribution in [1.29, 1.82) is 0 Å². The van der Waals surface area contributed by atoms with Crippen LogP contribution in [0.2, 0.25) is 5.02 Å². The second kappa shape index (κ2) is 6.38. The van der Waals surface area contributed by atoms with Crippen LogP contribution in [0.25, 0.3) is 0 Å². The van der Waals surface area contributed by atoms with Crippen molar-refractivity contribution in [3.05, 3.63) is 33.3 Å². The molecule has 0 aliphatic heterocycles. The highest BCUT2D eigenvalue weighted by Crippen LogP contribution is 2.28. The van der Waals surface area contributed by atoms with E-state index in [0.29, 0.717) is 5.92 Å². The summed E-state index contributed by atoms with van der Waals surface area (Å²) in [6.07, 6.45) is 2.89. The molecule has 0 amide bonds. The first-order chi connectivity index (χ1) is 8.56. The van der Waals surface area contributed by atoms with Crippen LogP contribution in [0.5, 0.6) is 0 Å². The minimum absolute atomic E-state index is 0.0941. The quantitative estimate of drug-likeness (QED) is 0.876. The molecule has 1 aliphatic carbocycles. The summed E-state index contributed by atoms with van der Waals surface area (Å²) in [4.78, 5) is 0. The summed E-state index contributed by atoms with van der Waals surface area (Å²) < 4.78 is 1.00. The number of halogens is 2. The first-order valence-corrected chi connectivity index (χ1v) is 7.59. The van der Waals surface area contributed by atoms with E-state index in [1.54, 1.807) is 0 Å². The Balaban J connectivity index is 1.89. The van der Waals surface area contributed by atoms with Crippen LogP contribution in [0.4, 0.5) is 0 Å². The molecule has 2 nitrogen and oxygen atoms in total. The van der Waals surface area contributed by atoms with Gasteiger partial charge in [0.1, 0.15) is 0 Å². The van der Waals surface area contributed by atoms with Gasteiger partial charge in [-0.2, -0.15) is 0 Å². The molecule has 0 aromatic heterocycles. The predicted octanol–water partition coefficient (Wildman–Crippen LogP) is 3.91. The van der Waals surface area contributed by atoms with Crippen molar-refractivity contribution in [1.82, 2.24) is 5.32 Å². The highest BCUT2D eigenvalue weighted by molar-refractivity contribution is 9.10. The fourth-order valence-electron chi connectivity index (χ4n) is 2.54. The fraction of sp³-hybridized carbons (Fsp3) is 0.571. The average Bonchev–Trinajstić information content (AvgIpc) is 2.72. The Morgan fingerprint density at radius 2 is 2.28 bits per heavy atom. The zero-order chi connectivity index (χ0) is 13.1. The van der Waals surface area contributed by atoms with Crippen molar-refractivity contribution < 1.29 is 5.11 Å². The van der Waals surface area contributed by atoms with Crippen LogP contribution in [-0.4, -0.2) is 17.8 Å². The molecular formula is C14H19BrClNO. The molecule has 1 aromatic rings. The molecule has 18 heavy (non-hydrogen) atoms. The third-order valence-corrected chi connectivity index (χ3v) is 4.48. The lowest BCUT2D eigenvalue weighted by molar-refractivity contribution is 0.177. The third kappa shape index (κ3) is 3.70. The molecule has 100 valence electrons. The predicted molar refractivity (Wildman–Crippen MR) is 78.9 cm³/mol. The smallest absolute Gasteiger partial charge is 0.0543 e. The van der Waals surface area contributed by atoms with Crippen LogP contribution < -0.4 is 5.32 Å². The summed E-state index contributed by atoms with van der Waals surface area (Å²) in [5.41, 5.74) is 1.12. The summed E-state index contributed by atoms with van der Waals surface area (Å²) in [6.45, 7) is 3.07. The van der Waals surface area contributed by atoms with Gasteiger partial charge in [0.25, 0.3) is 0 Å². The van der Waals surface area contributed by atoms with Gasteiger partial charge in [0, 0.05) is 15.5 Å². The van der Waals surface area contributed by atoms with E-state index < -0.39 is 0 Å². The van der Waals surface area contributed by atoms with E-state index in [4.69, 9.17) is 11.6 Å². The number of hydrogen-bond acceptors (Lipinski definition) is 2. The SMILES string of the molecule is CC(NCC1CCC(O)C1)c1ccc(Br)cc1Cl. The number of rotatable bonds is 4. The lowest BCUT2D eigenvalue weighted by Gasteiger charge is -2.18. The van der Waals surface area contributed by atoms with E-state index in [2.05, 4.69) is 28.2 Å². The van der Waals surface area contributed by atoms with E-state index in [1.807, 2.05) is 18.2 Å². The normalized spacial score (nSPS) is 25.3. The number of aliphatic hydroxyl groups excluding tert-OH is 1. The second-order valence-corrected chi connectivity index (χ2v) is 6.45. The minimum Gasteiger partial charge on any atom is -0.393 e. The molecule has 0 heterocycles. The van der Waals surface area contributed by atoms with Gasteiger partial charge in [-0.1, -0.05) is 33.6 Å². The van der Waals surface area contributed by atoms with Crippen molar-refractivity contribution in [2.45, 2.75) is 38.3 Å². The van der Waals surface area contributed by atoms with Gasteiger partial charge in [0.2, 0.25) is 0 Å². The molecule has 0 bridgehead atoms. The molecular weight excluding hydrogens is 314 g/mol. The van der Waals surface area contributed by atoms with Gasteiger partial charge < -0.3 is 10.4 Å². The van der Waals surface area contributed by atoms with Gasteiger partial charge in [-0.3, -0.25) is 0 Å². The molecule has 3 unspecified atom stereocenters. The molecule has 3 atom stereocenters. The molecule has 2 N–H and O–H groups in total. The molecule has 0 radical (unpaired) electrons. The summed E-state index contributed by atoms with van der Waals surface area (Å²) >= 11 is 9.65. The summed E-state index contributed by atoms with van der Waals surface area (Å²) in [7, 11) is 0. The number of hydrogen-bond donors (Lipinski definition) is 2. The van der Waals surface area contributed by atoms with E-state index in [9.17, 15) is 5.11 Å². The molecule has 1 saturated carbocycles. The maximum atomic E-state index is 9.50. The molecule has 1 aromatic carbocycles. The van der Waals surface area contributed by atoms with Crippen molar-refractivity contribution in [2.75, 3.05) is 6.54 Å². The van der Waals surface area contributed by atoms with Crippen LogP contribution in [0, 0.1) is 5.92 Å². The second-order valence-electron chi connectivity index (χ2n) is 5.13. The van der Waals surface area contributed by atoms with E-state index in [-0.39, 0.29) is 12.1 Å². The molecule has 1 aliphatic rings. The topological polar surface area (TPSA) is 32.3 Å². The zero-order valence-corrected chi connectivity index (χ0v) is 12.8. The lowest BCUT2D eigenvalue weighted by Crippen LogP contribution is -2.25. The first-order valence-electron chi connectivity index (χ1n) is 6.42. The van der Waals surface area contributed by atoms with Crippen LogP contribution in [0.3, 0.4) is 0 Å². The lowest BCUT2D eigenvalue weighted by atomic mass is 10.1. The third-order valence-electron chi connectivity index (χ3n) is 3.66. The fourth-order valence-corrected chi connectivity index (χ4v) is 3.38. The van der Waals surface area contributed by atoms with E-state index in [1.165, 1.54) is 0 Å². The van der Waals surface area contributed by atoms with Crippen molar-refractivity contribution in [2.24, 2.45) is 5.92 Å². The number of benzene rings is 1. The zero-order valence-electron chi connectivity index (χ0n) is 10.5.